The van der Waals surface area contributed by atoms with E-state index < -0.39 is 5.91 Å². The molecule has 0 aliphatic carbocycles. The minimum atomic E-state index is -0.565. The number of rotatable bonds is 4. The van der Waals surface area contributed by atoms with Crippen molar-refractivity contribution in [1.29, 1.82) is 0 Å². The molecule has 0 spiro atoms. The summed E-state index contributed by atoms with van der Waals surface area (Å²) in [7, 11) is 0. The molecule has 1 N–H and O–H groups in total. The van der Waals surface area contributed by atoms with Crippen LogP contribution in [0.25, 0.3) is 33.1 Å². The molecule has 5 aromatic rings. The highest BCUT2D eigenvalue weighted by Gasteiger charge is 2.17. The van der Waals surface area contributed by atoms with Crippen molar-refractivity contribution >= 4 is 33.4 Å². The molecule has 3 aromatic carbocycles. The molecule has 33 heavy (non-hydrogen) atoms. The van der Waals surface area contributed by atoms with E-state index in [2.05, 4.69) is 15.2 Å². The smallest absolute Gasteiger partial charge is 0.296 e. The van der Waals surface area contributed by atoms with E-state index in [1.165, 1.54) is 12.1 Å². The molecule has 0 saturated heterocycles. The van der Waals surface area contributed by atoms with Gasteiger partial charge in [0, 0.05) is 22.9 Å². The number of amides is 1. The molecule has 0 saturated carbocycles. The molecule has 2 heterocycles. The van der Waals surface area contributed by atoms with E-state index in [0.717, 1.165) is 5.52 Å². The first-order chi connectivity index (χ1) is 16.1. The van der Waals surface area contributed by atoms with Gasteiger partial charge in [-0.1, -0.05) is 36.4 Å². The first-order valence-corrected chi connectivity index (χ1v) is 10.5. The Balaban J connectivity index is 1.61. The average molecular weight is 438 g/mol. The van der Waals surface area contributed by atoms with Crippen LogP contribution < -0.4 is 0 Å². The molecule has 0 bridgehead atoms. The number of nitrogens with zero attached hydrogens (tertiary/aromatic N) is 4. The molecule has 7 heteroatoms. The number of carbonyl (C=O) groups is 1. The Morgan fingerprint density at radius 3 is 2.45 bits per heavy atom. The van der Waals surface area contributed by atoms with Crippen molar-refractivity contribution in [3.05, 3.63) is 90.2 Å². The van der Waals surface area contributed by atoms with Gasteiger partial charge in [0.05, 0.1) is 22.3 Å². The lowest BCUT2D eigenvalue weighted by Gasteiger charge is -2.07. The van der Waals surface area contributed by atoms with Crippen molar-refractivity contribution in [2.24, 2.45) is 10.2 Å². The monoisotopic (exact) mass is 438 g/mol. The zero-order valence-electron chi connectivity index (χ0n) is 17.7. The standard InChI is InChI=1S/C26H19FN4O2/c1-2-31-23-10-6-4-8-19(23)24(26(31)33)29-30-25(32)20-15-22(16-11-13-17(27)14-12-16)28-21-9-5-3-7-18(20)21/h3-15,33H,2H2,1H3. The number of aromatic hydroxyl groups is 1. The molecule has 0 fully saturated rings. The second kappa shape index (κ2) is 8.27. The van der Waals surface area contributed by atoms with Gasteiger partial charge in [0.1, 0.15) is 5.82 Å². The van der Waals surface area contributed by atoms with Gasteiger partial charge in [-0.2, -0.15) is 0 Å². The van der Waals surface area contributed by atoms with Gasteiger partial charge in [-0.15, -0.1) is 10.2 Å². The fourth-order valence-electron chi connectivity index (χ4n) is 3.96. The third kappa shape index (κ3) is 3.63. The zero-order chi connectivity index (χ0) is 22.9. The maximum absolute atomic E-state index is 13.4. The molecule has 0 aliphatic rings. The summed E-state index contributed by atoms with van der Waals surface area (Å²) >= 11 is 0. The summed E-state index contributed by atoms with van der Waals surface area (Å²) in [5.41, 5.74) is 3.20. The number of azo groups is 1. The molecule has 0 atom stereocenters. The molecule has 1 amide bonds. The van der Waals surface area contributed by atoms with Crippen LogP contribution in [-0.4, -0.2) is 20.6 Å². The Labute approximate surface area is 188 Å². The Hall–Kier alpha value is -4.39. The zero-order valence-corrected chi connectivity index (χ0v) is 17.7. The van der Waals surface area contributed by atoms with Crippen LogP contribution >= 0.6 is 0 Å². The number of hydrogen-bond acceptors (Lipinski definition) is 4. The van der Waals surface area contributed by atoms with Gasteiger partial charge < -0.3 is 9.67 Å². The van der Waals surface area contributed by atoms with Gasteiger partial charge in [-0.05, 0) is 49.4 Å². The van der Waals surface area contributed by atoms with E-state index in [1.807, 2.05) is 43.3 Å². The topological polar surface area (TPSA) is 79.8 Å². The second-order valence-corrected chi connectivity index (χ2v) is 7.52. The van der Waals surface area contributed by atoms with E-state index in [0.29, 0.717) is 39.7 Å². The first-order valence-electron chi connectivity index (χ1n) is 10.5. The molecule has 2 aromatic heterocycles. The van der Waals surface area contributed by atoms with Crippen LogP contribution in [0.1, 0.15) is 17.3 Å². The lowest BCUT2D eigenvalue weighted by molar-refractivity contribution is 0.0996. The van der Waals surface area contributed by atoms with Crippen molar-refractivity contribution in [3.8, 4) is 17.1 Å². The summed E-state index contributed by atoms with van der Waals surface area (Å²) in [6.45, 7) is 2.46. The fourth-order valence-corrected chi connectivity index (χ4v) is 3.96. The summed E-state index contributed by atoms with van der Waals surface area (Å²) in [4.78, 5) is 17.8. The molecule has 5 rings (SSSR count). The SMILES string of the molecule is CCn1c(O)c(N=NC(=O)c2cc(-c3ccc(F)cc3)nc3ccccc23)c2ccccc21. The van der Waals surface area contributed by atoms with Gasteiger partial charge in [0.2, 0.25) is 5.88 Å². The number of fused-ring (bicyclic) bond motifs is 2. The maximum atomic E-state index is 13.4. The van der Waals surface area contributed by atoms with Crippen LogP contribution in [0.15, 0.2) is 89.1 Å². The maximum Gasteiger partial charge on any atom is 0.296 e. The second-order valence-electron chi connectivity index (χ2n) is 7.52. The van der Waals surface area contributed by atoms with E-state index in [1.54, 1.807) is 34.9 Å². The van der Waals surface area contributed by atoms with Crippen LogP contribution in [0.2, 0.25) is 0 Å². The van der Waals surface area contributed by atoms with E-state index in [9.17, 15) is 14.3 Å². The van der Waals surface area contributed by atoms with Crippen molar-refractivity contribution in [2.75, 3.05) is 0 Å². The van der Waals surface area contributed by atoms with Gasteiger partial charge in [0.15, 0.2) is 5.69 Å². The molecule has 0 unspecified atom stereocenters. The summed E-state index contributed by atoms with van der Waals surface area (Å²) in [5.74, 6) is -0.956. The van der Waals surface area contributed by atoms with Crippen LogP contribution in [-0.2, 0) is 6.54 Å². The summed E-state index contributed by atoms with van der Waals surface area (Å²) < 4.78 is 15.1. The summed E-state index contributed by atoms with van der Waals surface area (Å²) in [6, 6.07) is 22.2. The van der Waals surface area contributed by atoms with Crippen LogP contribution in [0, 0.1) is 5.82 Å². The van der Waals surface area contributed by atoms with Gasteiger partial charge in [-0.25, -0.2) is 9.37 Å². The number of para-hydroxylation sites is 2. The predicted molar refractivity (Wildman–Crippen MR) is 125 cm³/mol. The highest BCUT2D eigenvalue weighted by atomic mass is 19.1. The Morgan fingerprint density at radius 2 is 1.70 bits per heavy atom. The van der Waals surface area contributed by atoms with Crippen LogP contribution in [0.5, 0.6) is 5.88 Å². The lowest BCUT2D eigenvalue weighted by atomic mass is 10.0. The third-order valence-corrected chi connectivity index (χ3v) is 5.56. The van der Waals surface area contributed by atoms with E-state index in [-0.39, 0.29) is 17.4 Å². The number of hydrogen-bond donors (Lipinski definition) is 1. The molecule has 0 radical (unpaired) electrons. The number of aromatic nitrogens is 2. The third-order valence-electron chi connectivity index (χ3n) is 5.56. The highest BCUT2D eigenvalue weighted by molar-refractivity contribution is 6.07. The molecule has 162 valence electrons. The Kier molecular flexibility index (Phi) is 5.14. The van der Waals surface area contributed by atoms with Crippen molar-refractivity contribution < 1.29 is 14.3 Å². The summed E-state index contributed by atoms with van der Waals surface area (Å²) in [6.07, 6.45) is 0. The minimum Gasteiger partial charge on any atom is -0.493 e. The first kappa shape index (κ1) is 20.5. The largest absolute Gasteiger partial charge is 0.493 e. The number of halogens is 1. The molecular formula is C26H19FN4O2. The Bertz CT molecular complexity index is 1540. The Morgan fingerprint density at radius 1 is 1.00 bits per heavy atom. The van der Waals surface area contributed by atoms with Crippen LogP contribution in [0.3, 0.4) is 0 Å². The van der Waals surface area contributed by atoms with Gasteiger partial charge in [-0.3, -0.25) is 4.79 Å². The van der Waals surface area contributed by atoms with Gasteiger partial charge >= 0.3 is 0 Å². The normalized spacial score (nSPS) is 11.6. The summed E-state index contributed by atoms with van der Waals surface area (Å²) in [5, 5.41) is 20.1. The highest BCUT2D eigenvalue weighted by Crippen LogP contribution is 2.39. The van der Waals surface area contributed by atoms with Gasteiger partial charge in [0.25, 0.3) is 5.91 Å². The molecule has 0 aliphatic heterocycles. The lowest BCUT2D eigenvalue weighted by Crippen LogP contribution is -1.99. The number of aryl methyl sites for hydroxylation is 1. The minimum absolute atomic E-state index is 0.0400. The average Bonchev–Trinajstić information content (AvgIpc) is 3.12. The molecule has 6 nitrogen and oxygen atoms in total. The number of carbonyl (C=O) groups excluding carboxylic acids is 1. The van der Waals surface area contributed by atoms with Crippen molar-refractivity contribution in [1.82, 2.24) is 9.55 Å². The predicted octanol–water partition coefficient (Wildman–Crippen LogP) is 6.65. The van der Waals surface area contributed by atoms with E-state index >= 15 is 0 Å². The fraction of sp³-hybridized carbons (Fsp3) is 0.0769. The van der Waals surface area contributed by atoms with Crippen LogP contribution in [0.4, 0.5) is 10.1 Å². The van der Waals surface area contributed by atoms with E-state index in [4.69, 9.17) is 0 Å². The van der Waals surface area contributed by atoms with Crippen molar-refractivity contribution in [3.63, 3.8) is 0 Å². The van der Waals surface area contributed by atoms with Crippen molar-refractivity contribution in [2.45, 2.75) is 13.5 Å². The number of pyridine rings is 1. The molecular weight excluding hydrogens is 419 g/mol. The number of benzene rings is 3. The quantitative estimate of drug-likeness (QED) is 0.319.